The molecule has 1 atom stereocenters. The smallest absolute Gasteiger partial charge is 0.251 e. The summed E-state index contributed by atoms with van der Waals surface area (Å²) in [7, 11) is 0. The van der Waals surface area contributed by atoms with Gasteiger partial charge in [0.05, 0.1) is 31.5 Å². The molecule has 5 nitrogen and oxygen atoms in total. The molecule has 0 unspecified atom stereocenters. The molecule has 22 heavy (non-hydrogen) atoms. The van der Waals surface area contributed by atoms with Crippen LogP contribution in [0.2, 0.25) is 0 Å². The van der Waals surface area contributed by atoms with E-state index in [0.29, 0.717) is 38.3 Å². The number of hydrogen-bond donors (Lipinski definition) is 2. The Morgan fingerprint density at radius 2 is 2.05 bits per heavy atom. The molecular formula is C17H25NO4. The van der Waals surface area contributed by atoms with Gasteiger partial charge in [-0.05, 0) is 44.4 Å². The minimum absolute atomic E-state index is 0.0660. The summed E-state index contributed by atoms with van der Waals surface area (Å²) in [5.74, 6) is -0.108. The first-order valence-electron chi connectivity index (χ1n) is 7.73. The lowest BCUT2D eigenvalue weighted by molar-refractivity contribution is -0.0855. The van der Waals surface area contributed by atoms with Gasteiger partial charge in [-0.25, -0.2) is 0 Å². The molecule has 5 heteroatoms. The summed E-state index contributed by atoms with van der Waals surface area (Å²) in [5, 5.41) is 12.6. The van der Waals surface area contributed by atoms with Crippen LogP contribution in [0.3, 0.4) is 0 Å². The monoisotopic (exact) mass is 307 g/mol. The van der Waals surface area contributed by atoms with Crippen molar-refractivity contribution in [2.75, 3.05) is 26.4 Å². The summed E-state index contributed by atoms with van der Waals surface area (Å²) >= 11 is 0. The molecule has 0 saturated carbocycles. The van der Waals surface area contributed by atoms with Crippen molar-refractivity contribution in [3.8, 4) is 0 Å². The second-order valence-corrected chi connectivity index (χ2v) is 6.29. The Kier molecular flexibility index (Phi) is 5.94. The van der Waals surface area contributed by atoms with Crippen LogP contribution in [0.25, 0.3) is 0 Å². The molecule has 0 aromatic heterocycles. The van der Waals surface area contributed by atoms with E-state index >= 15 is 0 Å². The highest BCUT2D eigenvalue weighted by atomic mass is 16.6. The zero-order valence-corrected chi connectivity index (χ0v) is 13.3. The van der Waals surface area contributed by atoms with Crippen molar-refractivity contribution in [2.24, 2.45) is 0 Å². The summed E-state index contributed by atoms with van der Waals surface area (Å²) in [4.78, 5) is 12.1. The molecule has 0 radical (unpaired) electrons. The number of ether oxygens (including phenoxy) is 2. The normalized spacial score (nSPS) is 19.0. The van der Waals surface area contributed by atoms with E-state index in [1.165, 1.54) is 0 Å². The summed E-state index contributed by atoms with van der Waals surface area (Å²) in [6.45, 7) is 5.78. The van der Waals surface area contributed by atoms with Crippen LogP contribution in [0.4, 0.5) is 0 Å². The van der Waals surface area contributed by atoms with Gasteiger partial charge in [0.1, 0.15) is 0 Å². The average molecular weight is 307 g/mol. The highest BCUT2D eigenvalue weighted by Crippen LogP contribution is 2.14. The molecule has 1 aliphatic rings. The summed E-state index contributed by atoms with van der Waals surface area (Å²) in [6.07, 6.45) is 1.42. The van der Waals surface area contributed by atoms with Crippen molar-refractivity contribution in [1.29, 1.82) is 0 Å². The van der Waals surface area contributed by atoms with Gasteiger partial charge in [0, 0.05) is 12.1 Å². The molecule has 1 heterocycles. The molecule has 0 aliphatic carbocycles. The van der Waals surface area contributed by atoms with Gasteiger partial charge in [0.25, 0.3) is 5.91 Å². The lowest BCUT2D eigenvalue weighted by Crippen LogP contribution is -2.39. The fourth-order valence-electron chi connectivity index (χ4n) is 2.24. The molecule has 2 N–H and O–H groups in total. The van der Waals surface area contributed by atoms with Gasteiger partial charge in [-0.1, -0.05) is 12.1 Å². The number of nitrogens with one attached hydrogen (secondary N) is 1. The maximum absolute atomic E-state index is 12.1. The number of rotatable bonds is 6. The maximum atomic E-state index is 12.1. The largest absolute Gasteiger partial charge is 0.390 e. The van der Waals surface area contributed by atoms with E-state index in [0.717, 1.165) is 12.0 Å². The molecule has 1 fully saturated rings. The van der Waals surface area contributed by atoms with E-state index in [9.17, 15) is 9.90 Å². The summed E-state index contributed by atoms with van der Waals surface area (Å²) in [5.41, 5.74) is 1.07. The summed E-state index contributed by atoms with van der Waals surface area (Å²) in [6, 6.07) is 7.49. The minimum atomic E-state index is -0.669. The first-order chi connectivity index (χ1) is 10.4. The van der Waals surface area contributed by atoms with Gasteiger partial charge in [-0.2, -0.15) is 0 Å². The van der Waals surface area contributed by atoms with E-state index < -0.39 is 5.60 Å². The number of aliphatic hydroxyl groups is 1. The zero-order chi connectivity index (χ0) is 16.0. The SMILES string of the molecule is CC(C)(O)CCc1ccc(C(=O)NC[C@H]2COCCO2)cc1. The molecular weight excluding hydrogens is 282 g/mol. The van der Waals surface area contributed by atoms with Crippen LogP contribution < -0.4 is 5.32 Å². The molecule has 1 aliphatic heterocycles. The standard InChI is InChI=1S/C17H25NO4/c1-17(2,20)8-7-13-3-5-14(6-4-13)16(19)18-11-15-12-21-9-10-22-15/h3-6,15,20H,7-12H2,1-2H3,(H,18,19)/t15-/m0/s1. The summed E-state index contributed by atoms with van der Waals surface area (Å²) < 4.78 is 10.8. The van der Waals surface area contributed by atoms with Gasteiger partial charge < -0.3 is 19.9 Å². The molecule has 1 saturated heterocycles. The molecule has 122 valence electrons. The predicted molar refractivity (Wildman–Crippen MR) is 84.0 cm³/mol. The lowest BCUT2D eigenvalue weighted by atomic mass is 9.98. The molecule has 2 rings (SSSR count). The number of hydrogen-bond acceptors (Lipinski definition) is 4. The van der Waals surface area contributed by atoms with Crippen LogP contribution in [-0.2, 0) is 15.9 Å². The van der Waals surface area contributed by atoms with E-state index in [4.69, 9.17) is 9.47 Å². The van der Waals surface area contributed by atoms with Crippen LogP contribution in [0.15, 0.2) is 24.3 Å². The highest BCUT2D eigenvalue weighted by Gasteiger charge is 2.16. The van der Waals surface area contributed by atoms with Crippen molar-refractivity contribution in [3.05, 3.63) is 35.4 Å². The predicted octanol–water partition coefficient (Wildman–Crippen LogP) is 1.54. The van der Waals surface area contributed by atoms with Crippen molar-refractivity contribution in [1.82, 2.24) is 5.32 Å². The Balaban J connectivity index is 1.80. The number of carbonyl (C=O) groups is 1. The fraction of sp³-hybridized carbons (Fsp3) is 0.588. The van der Waals surface area contributed by atoms with Crippen LogP contribution in [0.1, 0.15) is 36.2 Å². The lowest BCUT2D eigenvalue weighted by Gasteiger charge is -2.23. The van der Waals surface area contributed by atoms with E-state index in [1.807, 2.05) is 24.3 Å². The third-order valence-electron chi connectivity index (χ3n) is 3.62. The Labute approximate surface area is 131 Å². The minimum Gasteiger partial charge on any atom is -0.390 e. The Hall–Kier alpha value is -1.43. The van der Waals surface area contributed by atoms with Gasteiger partial charge in [0.15, 0.2) is 0 Å². The van der Waals surface area contributed by atoms with Crippen LogP contribution in [0.5, 0.6) is 0 Å². The van der Waals surface area contributed by atoms with E-state index in [-0.39, 0.29) is 12.0 Å². The average Bonchev–Trinajstić information content (AvgIpc) is 2.51. The van der Waals surface area contributed by atoms with Gasteiger partial charge in [-0.15, -0.1) is 0 Å². The van der Waals surface area contributed by atoms with Gasteiger partial charge in [0.2, 0.25) is 0 Å². The Bertz CT molecular complexity index is 472. The number of benzene rings is 1. The second-order valence-electron chi connectivity index (χ2n) is 6.29. The molecule has 0 spiro atoms. The zero-order valence-electron chi connectivity index (χ0n) is 13.3. The Morgan fingerprint density at radius 3 is 2.64 bits per heavy atom. The molecule has 1 aromatic rings. The van der Waals surface area contributed by atoms with Crippen LogP contribution >= 0.6 is 0 Å². The number of amides is 1. The fourth-order valence-corrected chi connectivity index (χ4v) is 2.24. The van der Waals surface area contributed by atoms with Crippen LogP contribution in [0, 0.1) is 0 Å². The van der Waals surface area contributed by atoms with Crippen molar-refractivity contribution < 1.29 is 19.4 Å². The first kappa shape index (κ1) is 16.9. The van der Waals surface area contributed by atoms with Crippen molar-refractivity contribution in [2.45, 2.75) is 38.4 Å². The second kappa shape index (κ2) is 7.72. The number of carbonyl (C=O) groups excluding carboxylic acids is 1. The number of aryl methyl sites for hydroxylation is 1. The van der Waals surface area contributed by atoms with Crippen molar-refractivity contribution in [3.63, 3.8) is 0 Å². The Morgan fingerprint density at radius 1 is 1.32 bits per heavy atom. The highest BCUT2D eigenvalue weighted by molar-refractivity contribution is 5.94. The maximum Gasteiger partial charge on any atom is 0.251 e. The van der Waals surface area contributed by atoms with E-state index in [1.54, 1.807) is 13.8 Å². The third-order valence-corrected chi connectivity index (χ3v) is 3.62. The van der Waals surface area contributed by atoms with Gasteiger partial charge in [-0.3, -0.25) is 4.79 Å². The van der Waals surface area contributed by atoms with E-state index in [2.05, 4.69) is 5.32 Å². The van der Waals surface area contributed by atoms with Crippen molar-refractivity contribution >= 4 is 5.91 Å². The first-order valence-corrected chi connectivity index (χ1v) is 7.73. The topological polar surface area (TPSA) is 67.8 Å². The van der Waals surface area contributed by atoms with Crippen LogP contribution in [-0.4, -0.2) is 49.1 Å². The molecule has 0 bridgehead atoms. The third kappa shape index (κ3) is 5.75. The quantitative estimate of drug-likeness (QED) is 0.836. The molecule has 1 aromatic carbocycles. The molecule has 1 amide bonds. The van der Waals surface area contributed by atoms with Gasteiger partial charge >= 0.3 is 0 Å².